The molecule has 0 radical (unpaired) electrons. The van der Waals surface area contributed by atoms with Crippen LogP contribution in [0.25, 0.3) is 28.2 Å². The Morgan fingerprint density at radius 1 is 0.737 bits per heavy atom. The summed E-state index contributed by atoms with van der Waals surface area (Å²) in [6, 6.07) is 24.2. The van der Waals surface area contributed by atoms with Gasteiger partial charge >= 0.3 is 0 Å². The summed E-state index contributed by atoms with van der Waals surface area (Å²) in [6.07, 6.45) is 3.94. The number of nitrogens with zero attached hydrogens (tertiary/aromatic N) is 3. The molecule has 0 aliphatic carbocycles. The molecule has 3 aromatic carbocycles. The Bertz CT molecular complexity index is 1300. The summed E-state index contributed by atoms with van der Waals surface area (Å²) in [5.74, 6) is 2.62. The van der Waals surface area contributed by atoms with Gasteiger partial charge in [0.2, 0.25) is 5.75 Å². The fourth-order valence-corrected chi connectivity index (χ4v) is 4.92. The van der Waals surface area contributed by atoms with E-state index < -0.39 is 0 Å². The number of hydrogen-bond donors (Lipinski definition) is 0. The van der Waals surface area contributed by atoms with Gasteiger partial charge in [0, 0.05) is 17.7 Å². The number of piperidine rings is 1. The van der Waals surface area contributed by atoms with Gasteiger partial charge < -0.3 is 18.9 Å². The number of aromatic nitrogens is 2. The number of ether oxygens (including phenoxy) is 4. The molecule has 2 heterocycles. The van der Waals surface area contributed by atoms with E-state index in [0.717, 1.165) is 40.5 Å². The van der Waals surface area contributed by atoms with Gasteiger partial charge in [0.1, 0.15) is 12.4 Å². The van der Waals surface area contributed by atoms with Crippen LogP contribution < -0.4 is 18.9 Å². The average Bonchev–Trinajstić information content (AvgIpc) is 3.43. The van der Waals surface area contributed by atoms with Crippen LogP contribution in [0.3, 0.4) is 0 Å². The Hall–Kier alpha value is -3.97. The van der Waals surface area contributed by atoms with Crippen molar-refractivity contribution in [2.45, 2.75) is 19.3 Å². The van der Waals surface area contributed by atoms with E-state index in [0.29, 0.717) is 23.9 Å². The molecule has 1 saturated heterocycles. The van der Waals surface area contributed by atoms with E-state index in [9.17, 15) is 0 Å². The van der Waals surface area contributed by atoms with Crippen molar-refractivity contribution in [2.75, 3.05) is 47.6 Å². The molecule has 4 aromatic rings. The molecule has 0 bridgehead atoms. The second kappa shape index (κ2) is 12.0. The second-order valence-electron chi connectivity index (χ2n) is 9.35. The third kappa shape index (κ3) is 5.63. The number of likely N-dealkylation sites (tertiary alicyclic amines) is 1. The molecule has 7 heteroatoms. The normalized spacial score (nSPS) is 13.8. The van der Waals surface area contributed by atoms with Crippen molar-refractivity contribution in [2.24, 2.45) is 0 Å². The molecule has 0 amide bonds. The summed E-state index contributed by atoms with van der Waals surface area (Å²) in [4.78, 5) is 2.48. The van der Waals surface area contributed by atoms with Gasteiger partial charge in [-0.2, -0.15) is 5.10 Å². The lowest BCUT2D eigenvalue weighted by Crippen LogP contribution is -2.33. The highest BCUT2D eigenvalue weighted by atomic mass is 16.5. The van der Waals surface area contributed by atoms with Crippen LogP contribution in [0.15, 0.2) is 72.8 Å². The highest BCUT2D eigenvalue weighted by Gasteiger charge is 2.19. The van der Waals surface area contributed by atoms with Crippen LogP contribution in [0.2, 0.25) is 0 Å². The van der Waals surface area contributed by atoms with E-state index in [1.54, 1.807) is 21.3 Å². The van der Waals surface area contributed by atoms with Crippen molar-refractivity contribution in [1.29, 1.82) is 0 Å². The fourth-order valence-electron chi connectivity index (χ4n) is 4.92. The van der Waals surface area contributed by atoms with E-state index in [1.807, 2.05) is 59.3 Å². The molecular weight excluding hydrogens is 478 g/mol. The zero-order chi connectivity index (χ0) is 26.3. The lowest BCUT2D eigenvalue weighted by molar-refractivity contribution is 0.183. The number of hydrogen-bond acceptors (Lipinski definition) is 6. The zero-order valence-corrected chi connectivity index (χ0v) is 22.4. The first-order valence-corrected chi connectivity index (χ1v) is 13.1. The lowest BCUT2D eigenvalue weighted by Gasteiger charge is -2.26. The SMILES string of the molecule is COc1cc(-c2cc(-c3ccc(OCCN4CCCCC4)cc3)nn2-c2ccccc2)cc(OC)c1OC. The molecule has 0 unspecified atom stereocenters. The van der Waals surface area contributed by atoms with E-state index in [2.05, 4.69) is 23.1 Å². The molecule has 1 fully saturated rings. The van der Waals surface area contributed by atoms with Crippen molar-refractivity contribution in [3.63, 3.8) is 0 Å². The van der Waals surface area contributed by atoms with Crippen LogP contribution in [0.4, 0.5) is 0 Å². The van der Waals surface area contributed by atoms with Crippen LogP contribution in [-0.4, -0.2) is 62.3 Å². The minimum Gasteiger partial charge on any atom is -0.493 e. The molecule has 1 aromatic heterocycles. The monoisotopic (exact) mass is 513 g/mol. The summed E-state index contributed by atoms with van der Waals surface area (Å²) in [5, 5.41) is 4.99. The maximum atomic E-state index is 6.03. The van der Waals surface area contributed by atoms with Gasteiger partial charge in [0.25, 0.3) is 0 Å². The second-order valence-corrected chi connectivity index (χ2v) is 9.35. The Labute approximate surface area is 224 Å². The molecule has 1 aliphatic rings. The predicted octanol–water partition coefficient (Wildman–Crippen LogP) is 6.10. The third-order valence-corrected chi connectivity index (χ3v) is 6.95. The van der Waals surface area contributed by atoms with Gasteiger partial charge in [-0.25, -0.2) is 4.68 Å². The van der Waals surface area contributed by atoms with E-state index in [1.165, 1.54) is 32.4 Å². The van der Waals surface area contributed by atoms with Crippen LogP contribution in [0.5, 0.6) is 23.0 Å². The summed E-state index contributed by atoms with van der Waals surface area (Å²) in [7, 11) is 4.85. The largest absolute Gasteiger partial charge is 0.493 e. The van der Waals surface area contributed by atoms with E-state index in [4.69, 9.17) is 24.0 Å². The highest BCUT2D eigenvalue weighted by Crippen LogP contribution is 2.42. The van der Waals surface area contributed by atoms with Crippen LogP contribution in [0.1, 0.15) is 19.3 Å². The van der Waals surface area contributed by atoms with Gasteiger partial charge in [-0.15, -0.1) is 0 Å². The van der Waals surface area contributed by atoms with Crippen molar-refractivity contribution in [1.82, 2.24) is 14.7 Å². The summed E-state index contributed by atoms with van der Waals surface area (Å²) in [5.41, 5.74) is 4.64. The van der Waals surface area contributed by atoms with Crippen molar-refractivity contribution < 1.29 is 18.9 Å². The predicted molar refractivity (Wildman–Crippen MR) is 150 cm³/mol. The molecule has 38 heavy (non-hydrogen) atoms. The van der Waals surface area contributed by atoms with Crippen LogP contribution in [0, 0.1) is 0 Å². The van der Waals surface area contributed by atoms with Gasteiger partial charge in [-0.05, 0) is 80.5 Å². The van der Waals surface area contributed by atoms with Gasteiger partial charge in [-0.3, -0.25) is 4.90 Å². The average molecular weight is 514 g/mol. The maximum absolute atomic E-state index is 6.03. The number of benzene rings is 3. The first kappa shape index (κ1) is 25.7. The summed E-state index contributed by atoms with van der Waals surface area (Å²) >= 11 is 0. The van der Waals surface area contributed by atoms with Gasteiger partial charge in [0.15, 0.2) is 11.5 Å². The molecular formula is C31H35N3O4. The molecule has 1 aliphatic heterocycles. The van der Waals surface area contributed by atoms with E-state index in [-0.39, 0.29) is 0 Å². The van der Waals surface area contributed by atoms with Crippen LogP contribution >= 0.6 is 0 Å². The Morgan fingerprint density at radius 2 is 1.42 bits per heavy atom. The zero-order valence-electron chi connectivity index (χ0n) is 22.4. The minimum atomic E-state index is 0.556. The highest BCUT2D eigenvalue weighted by molar-refractivity contribution is 5.74. The molecule has 7 nitrogen and oxygen atoms in total. The summed E-state index contributed by atoms with van der Waals surface area (Å²) < 4.78 is 24.7. The molecule has 0 N–H and O–H groups in total. The minimum absolute atomic E-state index is 0.556. The topological polar surface area (TPSA) is 58.0 Å². The van der Waals surface area contributed by atoms with Crippen molar-refractivity contribution >= 4 is 0 Å². The third-order valence-electron chi connectivity index (χ3n) is 6.95. The Balaban J connectivity index is 1.44. The Kier molecular flexibility index (Phi) is 8.14. The number of rotatable bonds is 10. The smallest absolute Gasteiger partial charge is 0.203 e. The molecule has 0 saturated carbocycles. The quantitative estimate of drug-likeness (QED) is 0.256. The van der Waals surface area contributed by atoms with Gasteiger partial charge in [-0.1, -0.05) is 24.6 Å². The van der Waals surface area contributed by atoms with Gasteiger partial charge in [0.05, 0.1) is 38.4 Å². The van der Waals surface area contributed by atoms with Crippen molar-refractivity contribution in [3.05, 3.63) is 72.8 Å². The fraction of sp³-hybridized carbons (Fsp3) is 0.323. The molecule has 198 valence electrons. The molecule has 5 rings (SSSR count). The number of methoxy groups -OCH3 is 3. The maximum Gasteiger partial charge on any atom is 0.203 e. The lowest BCUT2D eigenvalue weighted by atomic mass is 10.1. The van der Waals surface area contributed by atoms with Crippen molar-refractivity contribution in [3.8, 4) is 51.2 Å². The molecule has 0 spiro atoms. The Morgan fingerprint density at radius 3 is 2.05 bits per heavy atom. The standard InChI is InChI=1S/C31H35N3O4/c1-35-29-20-24(21-30(36-2)31(29)37-3)28-22-27(32-34(28)25-10-6-4-7-11-25)23-12-14-26(15-13-23)38-19-18-33-16-8-5-9-17-33/h4,6-7,10-15,20-22H,5,8-9,16-19H2,1-3H3. The first-order valence-electron chi connectivity index (χ1n) is 13.1. The van der Waals surface area contributed by atoms with E-state index >= 15 is 0 Å². The van der Waals surface area contributed by atoms with Crippen LogP contribution in [-0.2, 0) is 0 Å². The molecule has 0 atom stereocenters. The first-order chi connectivity index (χ1) is 18.7. The summed E-state index contributed by atoms with van der Waals surface area (Å²) in [6.45, 7) is 4.04. The number of para-hydroxylation sites is 1.